The van der Waals surface area contributed by atoms with E-state index >= 15 is 0 Å². The Morgan fingerprint density at radius 2 is 1.95 bits per heavy atom. The van der Waals surface area contributed by atoms with Gasteiger partial charge in [0.2, 0.25) is 5.88 Å². The molecule has 0 radical (unpaired) electrons. The second kappa shape index (κ2) is 4.57. The van der Waals surface area contributed by atoms with Crippen LogP contribution >= 0.6 is 0 Å². The topological polar surface area (TPSA) is 61.0 Å². The number of nitrogen functional groups attached to an aromatic ring is 1. The highest BCUT2D eigenvalue weighted by Crippen LogP contribution is 2.30. The highest BCUT2D eigenvalue weighted by atomic mass is 16.5. The average Bonchev–Trinajstić information content (AvgIpc) is 2.42. The maximum Gasteiger partial charge on any atom is 0.242 e. The molecule has 2 N–H and O–H groups in total. The van der Waals surface area contributed by atoms with Crippen LogP contribution in [0.25, 0.3) is 10.9 Å². The number of aryl methyl sites for hydroxylation is 1. The van der Waals surface area contributed by atoms with Crippen LogP contribution < -0.4 is 10.5 Å². The van der Waals surface area contributed by atoms with Crippen molar-refractivity contribution in [3.63, 3.8) is 0 Å². The lowest BCUT2D eigenvalue weighted by molar-refractivity contribution is 0.469. The lowest BCUT2D eigenvalue weighted by Crippen LogP contribution is -1.96. The molecular weight excluding hydrogens is 238 g/mol. The van der Waals surface area contributed by atoms with Gasteiger partial charge in [0, 0.05) is 17.8 Å². The maximum atomic E-state index is 5.91. The van der Waals surface area contributed by atoms with E-state index < -0.39 is 0 Å². The monoisotopic (exact) mass is 251 g/mol. The zero-order chi connectivity index (χ0) is 13.2. The number of para-hydroxylation sites is 1. The van der Waals surface area contributed by atoms with Crippen molar-refractivity contribution in [1.29, 1.82) is 0 Å². The Kier molecular flexibility index (Phi) is 2.76. The molecule has 0 spiro atoms. The fraction of sp³-hybridized carbons (Fsp3) is 0.0667. The van der Waals surface area contributed by atoms with Crippen LogP contribution in [0.3, 0.4) is 0 Å². The molecule has 0 bridgehead atoms. The smallest absolute Gasteiger partial charge is 0.242 e. The van der Waals surface area contributed by atoms with Crippen molar-refractivity contribution in [3.05, 3.63) is 54.4 Å². The molecule has 0 aliphatic carbocycles. The molecule has 1 aromatic carbocycles. The molecule has 2 heterocycles. The molecule has 0 aliphatic heterocycles. The van der Waals surface area contributed by atoms with Crippen molar-refractivity contribution >= 4 is 16.6 Å². The van der Waals surface area contributed by atoms with Crippen molar-refractivity contribution in [1.82, 2.24) is 9.97 Å². The molecular formula is C15H13N3O. The summed E-state index contributed by atoms with van der Waals surface area (Å²) in [5.74, 6) is 1.06. The first kappa shape index (κ1) is 11.5. The van der Waals surface area contributed by atoms with E-state index in [-0.39, 0.29) is 0 Å². The summed E-state index contributed by atoms with van der Waals surface area (Å²) in [6.45, 7) is 1.94. The first-order valence-corrected chi connectivity index (χ1v) is 5.98. The van der Waals surface area contributed by atoms with Gasteiger partial charge in [0.15, 0.2) is 5.75 Å². The third kappa shape index (κ3) is 2.20. The van der Waals surface area contributed by atoms with Crippen LogP contribution in [0.2, 0.25) is 0 Å². The van der Waals surface area contributed by atoms with Gasteiger partial charge in [-0.15, -0.1) is 0 Å². The fourth-order valence-electron chi connectivity index (χ4n) is 1.93. The highest BCUT2D eigenvalue weighted by Gasteiger charge is 2.07. The standard InChI is InChI=1S/C15H13N3O/c1-10-8-12(16)15(18-9-10)19-13-6-2-4-11-5-3-7-17-14(11)13/h2-9H,16H2,1H3. The Bertz CT molecular complexity index is 735. The molecule has 0 fully saturated rings. The van der Waals surface area contributed by atoms with Crippen LogP contribution in [0.4, 0.5) is 5.69 Å². The summed E-state index contributed by atoms with van der Waals surface area (Å²) in [6.07, 6.45) is 3.46. The molecule has 0 saturated carbocycles. The van der Waals surface area contributed by atoms with Gasteiger partial charge < -0.3 is 10.5 Å². The number of rotatable bonds is 2. The summed E-state index contributed by atoms with van der Waals surface area (Å²) in [7, 11) is 0. The number of hydrogen-bond acceptors (Lipinski definition) is 4. The summed E-state index contributed by atoms with van der Waals surface area (Å²) in [5.41, 5.74) is 8.23. The zero-order valence-electron chi connectivity index (χ0n) is 10.5. The van der Waals surface area contributed by atoms with Crippen LogP contribution in [-0.2, 0) is 0 Å². The van der Waals surface area contributed by atoms with Crippen molar-refractivity contribution in [2.24, 2.45) is 0 Å². The van der Waals surface area contributed by atoms with Gasteiger partial charge >= 0.3 is 0 Å². The number of hydrogen-bond donors (Lipinski definition) is 1. The van der Waals surface area contributed by atoms with Crippen LogP contribution in [0, 0.1) is 6.92 Å². The van der Waals surface area contributed by atoms with Crippen molar-refractivity contribution in [3.8, 4) is 11.6 Å². The van der Waals surface area contributed by atoms with E-state index in [0.717, 1.165) is 16.5 Å². The highest BCUT2D eigenvalue weighted by molar-refractivity contribution is 5.84. The largest absolute Gasteiger partial charge is 0.435 e. The van der Waals surface area contributed by atoms with Gasteiger partial charge in [-0.3, -0.25) is 4.98 Å². The number of fused-ring (bicyclic) bond motifs is 1. The van der Waals surface area contributed by atoms with Crippen molar-refractivity contribution in [2.45, 2.75) is 6.92 Å². The number of benzene rings is 1. The molecule has 19 heavy (non-hydrogen) atoms. The molecule has 4 nitrogen and oxygen atoms in total. The number of nitrogens with zero attached hydrogens (tertiary/aromatic N) is 2. The second-order valence-corrected chi connectivity index (χ2v) is 4.34. The first-order valence-electron chi connectivity index (χ1n) is 5.98. The van der Waals surface area contributed by atoms with Gasteiger partial charge in [0.05, 0.1) is 5.69 Å². The van der Waals surface area contributed by atoms with E-state index in [1.807, 2.05) is 43.3 Å². The van der Waals surface area contributed by atoms with Crippen LogP contribution in [0.5, 0.6) is 11.6 Å². The Morgan fingerprint density at radius 1 is 1.11 bits per heavy atom. The van der Waals surface area contributed by atoms with Crippen molar-refractivity contribution in [2.75, 3.05) is 5.73 Å². The average molecular weight is 251 g/mol. The number of anilines is 1. The SMILES string of the molecule is Cc1cnc(Oc2cccc3cccnc23)c(N)c1. The van der Waals surface area contributed by atoms with E-state index in [2.05, 4.69) is 9.97 Å². The molecule has 94 valence electrons. The van der Waals surface area contributed by atoms with Gasteiger partial charge in [-0.1, -0.05) is 18.2 Å². The summed E-state index contributed by atoms with van der Waals surface area (Å²) in [4.78, 5) is 8.54. The van der Waals surface area contributed by atoms with E-state index in [1.165, 1.54) is 0 Å². The number of pyridine rings is 2. The molecule has 0 saturated heterocycles. The lowest BCUT2D eigenvalue weighted by atomic mass is 10.2. The molecule has 0 aliphatic rings. The Morgan fingerprint density at radius 3 is 2.79 bits per heavy atom. The van der Waals surface area contributed by atoms with Gasteiger partial charge in [-0.25, -0.2) is 4.98 Å². The minimum absolute atomic E-state index is 0.406. The molecule has 4 heteroatoms. The third-order valence-corrected chi connectivity index (χ3v) is 2.82. The van der Waals surface area contributed by atoms with Gasteiger partial charge in [-0.05, 0) is 30.7 Å². The van der Waals surface area contributed by atoms with E-state index in [1.54, 1.807) is 12.4 Å². The number of aromatic nitrogens is 2. The van der Waals surface area contributed by atoms with E-state index in [0.29, 0.717) is 17.3 Å². The normalized spacial score (nSPS) is 10.6. The summed E-state index contributed by atoms with van der Waals surface area (Å²) >= 11 is 0. The minimum Gasteiger partial charge on any atom is -0.435 e. The molecule has 2 aromatic heterocycles. The van der Waals surface area contributed by atoms with Gasteiger partial charge in [-0.2, -0.15) is 0 Å². The van der Waals surface area contributed by atoms with Crippen molar-refractivity contribution < 1.29 is 4.74 Å². The fourth-order valence-corrected chi connectivity index (χ4v) is 1.93. The Hall–Kier alpha value is -2.62. The Balaban J connectivity index is 2.06. The third-order valence-electron chi connectivity index (χ3n) is 2.82. The maximum absolute atomic E-state index is 5.91. The zero-order valence-corrected chi connectivity index (χ0v) is 10.5. The number of ether oxygens (including phenoxy) is 1. The lowest BCUT2D eigenvalue weighted by Gasteiger charge is -2.09. The minimum atomic E-state index is 0.406. The summed E-state index contributed by atoms with van der Waals surface area (Å²) in [5, 5.41) is 1.02. The molecule has 0 amide bonds. The van der Waals surface area contributed by atoms with E-state index in [4.69, 9.17) is 10.5 Å². The molecule has 3 rings (SSSR count). The van der Waals surface area contributed by atoms with Crippen LogP contribution in [0.1, 0.15) is 5.56 Å². The molecule has 3 aromatic rings. The predicted octanol–water partition coefficient (Wildman–Crippen LogP) is 3.31. The molecule has 0 unspecified atom stereocenters. The Labute approximate surface area is 110 Å². The summed E-state index contributed by atoms with van der Waals surface area (Å²) < 4.78 is 5.78. The summed E-state index contributed by atoms with van der Waals surface area (Å²) in [6, 6.07) is 11.5. The predicted molar refractivity (Wildman–Crippen MR) is 75.2 cm³/mol. The second-order valence-electron chi connectivity index (χ2n) is 4.34. The van der Waals surface area contributed by atoms with Crippen LogP contribution in [0.15, 0.2) is 48.8 Å². The van der Waals surface area contributed by atoms with Gasteiger partial charge in [0.25, 0.3) is 0 Å². The quantitative estimate of drug-likeness (QED) is 0.759. The number of nitrogens with two attached hydrogens (primary N) is 1. The van der Waals surface area contributed by atoms with Gasteiger partial charge in [0.1, 0.15) is 5.52 Å². The van der Waals surface area contributed by atoms with Crippen LogP contribution in [-0.4, -0.2) is 9.97 Å². The van der Waals surface area contributed by atoms with E-state index in [9.17, 15) is 0 Å². The first-order chi connectivity index (χ1) is 9.24. The molecule has 0 atom stereocenters.